The molecule has 0 aliphatic heterocycles. The van der Waals surface area contributed by atoms with Crippen molar-refractivity contribution in [2.45, 2.75) is 18.1 Å². The van der Waals surface area contributed by atoms with Crippen molar-refractivity contribution in [3.05, 3.63) is 68.9 Å². The molecule has 0 radical (unpaired) electrons. The van der Waals surface area contributed by atoms with Crippen molar-refractivity contribution in [1.29, 1.82) is 0 Å². The molecule has 3 rings (SSSR count). The molecule has 0 N–H and O–H groups in total. The second kappa shape index (κ2) is 8.27. The predicted molar refractivity (Wildman–Crippen MR) is 113 cm³/mol. The summed E-state index contributed by atoms with van der Waals surface area (Å²) >= 11 is 4.71. The van der Waals surface area contributed by atoms with Gasteiger partial charge in [-0.1, -0.05) is 58.0 Å². The number of rotatable bonds is 5. The summed E-state index contributed by atoms with van der Waals surface area (Å²) in [5.41, 5.74) is 1.52. The first-order valence-corrected chi connectivity index (χ1v) is 10.3. The molecule has 0 saturated heterocycles. The minimum absolute atomic E-state index is 0.0240. The average molecular weight is 446 g/mol. The summed E-state index contributed by atoms with van der Waals surface area (Å²) < 4.78 is 2.51. The largest absolute Gasteiger partial charge is 0.348 e. The number of benzene rings is 2. The maximum atomic E-state index is 13.3. The normalized spacial score (nSPS) is 12.1. The molecule has 1 heterocycles. The maximum absolute atomic E-state index is 13.3. The van der Waals surface area contributed by atoms with Gasteiger partial charge in [0.15, 0.2) is 5.16 Å². The van der Waals surface area contributed by atoms with Gasteiger partial charge in [0, 0.05) is 18.6 Å². The summed E-state index contributed by atoms with van der Waals surface area (Å²) in [6.45, 7) is 1.97. The summed E-state index contributed by atoms with van der Waals surface area (Å²) in [5.74, 6) is 0.201. The Morgan fingerprint density at radius 2 is 1.93 bits per heavy atom. The number of fused-ring (bicyclic) bond motifs is 1. The lowest BCUT2D eigenvalue weighted by atomic mass is 10.1. The van der Waals surface area contributed by atoms with Crippen LogP contribution < -0.4 is 5.56 Å². The summed E-state index contributed by atoms with van der Waals surface area (Å²) in [6, 6.07) is 15.1. The van der Waals surface area contributed by atoms with E-state index < -0.39 is 0 Å². The fourth-order valence-electron chi connectivity index (χ4n) is 2.73. The molecule has 0 aliphatic rings. The van der Waals surface area contributed by atoms with E-state index in [9.17, 15) is 9.59 Å². The molecule has 0 spiro atoms. The number of carbonyl (C=O) groups is 1. The van der Waals surface area contributed by atoms with Crippen LogP contribution in [0.2, 0.25) is 0 Å². The van der Waals surface area contributed by atoms with Gasteiger partial charge in [0.05, 0.1) is 22.7 Å². The standard InChI is InChI=1S/C20H20BrN3O2S/c1-13(14-7-5-4-6-8-14)24-19(26)16-11-15(21)9-10-17(16)22-20(24)27-12-18(25)23(2)3/h4-11,13H,12H2,1-3H3. The van der Waals surface area contributed by atoms with Gasteiger partial charge in [-0.05, 0) is 30.7 Å². The zero-order valence-corrected chi connectivity index (χ0v) is 17.8. The van der Waals surface area contributed by atoms with E-state index in [1.54, 1.807) is 24.7 Å². The Kier molecular flexibility index (Phi) is 6.01. The lowest BCUT2D eigenvalue weighted by molar-refractivity contribution is -0.125. The molecule has 0 fully saturated rings. The van der Waals surface area contributed by atoms with Crippen molar-refractivity contribution in [2.24, 2.45) is 0 Å². The Morgan fingerprint density at radius 3 is 2.59 bits per heavy atom. The van der Waals surface area contributed by atoms with Gasteiger partial charge in [0.2, 0.25) is 5.91 Å². The van der Waals surface area contributed by atoms with Gasteiger partial charge < -0.3 is 4.90 Å². The van der Waals surface area contributed by atoms with E-state index in [-0.39, 0.29) is 23.3 Å². The lowest BCUT2D eigenvalue weighted by Gasteiger charge is -2.20. The van der Waals surface area contributed by atoms with E-state index >= 15 is 0 Å². The van der Waals surface area contributed by atoms with Crippen LogP contribution in [0.1, 0.15) is 18.5 Å². The Bertz CT molecular complexity index is 1030. The van der Waals surface area contributed by atoms with Crippen molar-refractivity contribution in [1.82, 2.24) is 14.5 Å². The summed E-state index contributed by atoms with van der Waals surface area (Å²) in [5, 5.41) is 1.09. The second-order valence-corrected chi connectivity index (χ2v) is 8.25. The van der Waals surface area contributed by atoms with E-state index in [0.29, 0.717) is 16.1 Å². The van der Waals surface area contributed by atoms with Gasteiger partial charge in [0.25, 0.3) is 5.56 Å². The van der Waals surface area contributed by atoms with E-state index in [2.05, 4.69) is 20.9 Å². The zero-order valence-electron chi connectivity index (χ0n) is 15.3. The van der Waals surface area contributed by atoms with Gasteiger partial charge in [-0.15, -0.1) is 0 Å². The molecule has 7 heteroatoms. The highest BCUT2D eigenvalue weighted by atomic mass is 79.9. The smallest absolute Gasteiger partial charge is 0.262 e. The SMILES string of the molecule is CC(c1ccccc1)n1c(SCC(=O)N(C)C)nc2ccc(Br)cc2c1=O. The third-order valence-electron chi connectivity index (χ3n) is 4.32. The van der Waals surface area contributed by atoms with Crippen LogP contribution in [0, 0.1) is 0 Å². The van der Waals surface area contributed by atoms with Crippen LogP contribution in [0.15, 0.2) is 63.0 Å². The molecule has 1 aromatic heterocycles. The van der Waals surface area contributed by atoms with E-state index in [4.69, 9.17) is 0 Å². The molecule has 2 aromatic carbocycles. The minimum atomic E-state index is -0.202. The number of aromatic nitrogens is 2. The number of amides is 1. The van der Waals surface area contributed by atoms with E-state index in [0.717, 1.165) is 10.0 Å². The zero-order chi connectivity index (χ0) is 19.6. The number of halogens is 1. The molecule has 140 valence electrons. The fraction of sp³-hybridized carbons (Fsp3) is 0.250. The van der Waals surface area contributed by atoms with E-state index in [1.807, 2.05) is 49.4 Å². The van der Waals surface area contributed by atoms with Crippen LogP contribution in [-0.4, -0.2) is 40.2 Å². The van der Waals surface area contributed by atoms with Crippen LogP contribution in [0.3, 0.4) is 0 Å². The van der Waals surface area contributed by atoms with Gasteiger partial charge in [-0.3, -0.25) is 14.2 Å². The van der Waals surface area contributed by atoms with Crippen LogP contribution in [0.4, 0.5) is 0 Å². The van der Waals surface area contributed by atoms with Crippen molar-refractivity contribution in [3.8, 4) is 0 Å². The lowest BCUT2D eigenvalue weighted by Crippen LogP contribution is -2.28. The van der Waals surface area contributed by atoms with Crippen LogP contribution in [0.25, 0.3) is 10.9 Å². The highest BCUT2D eigenvalue weighted by Crippen LogP contribution is 2.26. The topological polar surface area (TPSA) is 55.2 Å². The quantitative estimate of drug-likeness (QED) is 0.440. The molecule has 0 saturated carbocycles. The third-order valence-corrected chi connectivity index (χ3v) is 5.75. The van der Waals surface area contributed by atoms with Gasteiger partial charge in [-0.25, -0.2) is 4.98 Å². The van der Waals surface area contributed by atoms with Crippen molar-refractivity contribution >= 4 is 44.5 Å². The molecule has 3 aromatic rings. The minimum Gasteiger partial charge on any atom is -0.348 e. The molecule has 1 atom stereocenters. The number of carbonyl (C=O) groups excluding carboxylic acids is 1. The molecule has 27 heavy (non-hydrogen) atoms. The molecule has 5 nitrogen and oxygen atoms in total. The van der Waals surface area contributed by atoms with Crippen LogP contribution in [-0.2, 0) is 4.79 Å². The predicted octanol–water partition coefficient (Wildman–Crippen LogP) is 3.95. The van der Waals surface area contributed by atoms with E-state index in [1.165, 1.54) is 16.7 Å². The fourth-order valence-corrected chi connectivity index (χ4v) is 4.14. The first kappa shape index (κ1) is 19.6. The number of thioether (sulfide) groups is 1. The second-order valence-electron chi connectivity index (χ2n) is 6.39. The van der Waals surface area contributed by atoms with Crippen LogP contribution >= 0.6 is 27.7 Å². The summed E-state index contributed by atoms with van der Waals surface area (Å²) in [7, 11) is 3.43. The first-order chi connectivity index (χ1) is 12.9. The van der Waals surface area contributed by atoms with Crippen molar-refractivity contribution in [2.75, 3.05) is 19.8 Å². The van der Waals surface area contributed by atoms with Crippen molar-refractivity contribution < 1.29 is 4.79 Å². The van der Waals surface area contributed by atoms with Gasteiger partial charge in [0.1, 0.15) is 0 Å². The van der Waals surface area contributed by atoms with Crippen LogP contribution in [0.5, 0.6) is 0 Å². The summed E-state index contributed by atoms with van der Waals surface area (Å²) in [6.07, 6.45) is 0. The molecule has 1 amide bonds. The molecule has 0 bridgehead atoms. The van der Waals surface area contributed by atoms with Gasteiger partial charge in [-0.2, -0.15) is 0 Å². The third kappa shape index (κ3) is 4.25. The maximum Gasteiger partial charge on any atom is 0.262 e. The molecular formula is C20H20BrN3O2S. The molecule has 1 unspecified atom stereocenters. The summed E-state index contributed by atoms with van der Waals surface area (Å²) in [4.78, 5) is 31.6. The first-order valence-electron chi connectivity index (χ1n) is 8.48. The number of hydrogen-bond donors (Lipinski definition) is 0. The molecule has 0 aliphatic carbocycles. The Balaban J connectivity index is 2.15. The van der Waals surface area contributed by atoms with Crippen molar-refractivity contribution in [3.63, 3.8) is 0 Å². The monoisotopic (exact) mass is 445 g/mol. The highest BCUT2D eigenvalue weighted by Gasteiger charge is 2.19. The number of hydrogen-bond acceptors (Lipinski definition) is 4. The Labute approximate surface area is 170 Å². The highest BCUT2D eigenvalue weighted by molar-refractivity contribution is 9.10. The number of nitrogens with zero attached hydrogens (tertiary/aromatic N) is 3. The average Bonchev–Trinajstić information content (AvgIpc) is 2.66. The molecular weight excluding hydrogens is 426 g/mol. The Morgan fingerprint density at radius 1 is 1.22 bits per heavy atom. The Hall–Kier alpha value is -2.12. The van der Waals surface area contributed by atoms with Gasteiger partial charge >= 0.3 is 0 Å².